The molecular formula is C25H29N5O2. The Morgan fingerprint density at radius 3 is 2.69 bits per heavy atom. The molecule has 4 rings (SSSR count). The van der Waals surface area contributed by atoms with Crippen molar-refractivity contribution in [2.45, 2.75) is 32.2 Å². The molecule has 0 N–H and O–H groups in total. The van der Waals surface area contributed by atoms with Gasteiger partial charge in [-0.25, -0.2) is 9.97 Å². The summed E-state index contributed by atoms with van der Waals surface area (Å²) in [6.45, 7) is 3.12. The first-order chi connectivity index (χ1) is 15.6. The van der Waals surface area contributed by atoms with Gasteiger partial charge in [-0.1, -0.05) is 12.1 Å². The van der Waals surface area contributed by atoms with Crippen LogP contribution < -0.4 is 9.64 Å². The number of likely N-dealkylation sites (tertiary alicyclic amines) is 1. The number of carbonyl (C=O) groups is 1. The van der Waals surface area contributed by atoms with E-state index < -0.39 is 0 Å². The van der Waals surface area contributed by atoms with E-state index in [4.69, 9.17) is 9.72 Å². The molecule has 1 atom stereocenters. The Balaban J connectivity index is 1.79. The van der Waals surface area contributed by atoms with E-state index in [0.717, 1.165) is 36.1 Å². The zero-order valence-electron chi connectivity index (χ0n) is 18.9. The molecule has 7 nitrogen and oxygen atoms in total. The Bertz CT molecular complexity index is 1070. The van der Waals surface area contributed by atoms with Crippen molar-refractivity contribution >= 4 is 11.9 Å². The Kier molecular flexibility index (Phi) is 6.63. The highest BCUT2D eigenvalue weighted by atomic mass is 16.5. The lowest BCUT2D eigenvalue weighted by Crippen LogP contribution is -2.39. The summed E-state index contributed by atoms with van der Waals surface area (Å²) in [5.41, 5.74) is 3.39. The van der Waals surface area contributed by atoms with Crippen LogP contribution in [0.3, 0.4) is 0 Å². The minimum atomic E-state index is -0.143. The van der Waals surface area contributed by atoms with Gasteiger partial charge < -0.3 is 14.5 Å². The van der Waals surface area contributed by atoms with Gasteiger partial charge >= 0.3 is 0 Å². The van der Waals surface area contributed by atoms with E-state index in [1.54, 1.807) is 12.4 Å². The number of rotatable bonds is 6. The Labute approximate surface area is 189 Å². The molecule has 1 amide bonds. The van der Waals surface area contributed by atoms with Crippen LogP contribution in [0.5, 0.6) is 5.75 Å². The van der Waals surface area contributed by atoms with Crippen LogP contribution in [0.4, 0.5) is 5.95 Å². The standard InChI is InChI=1S/C25H29N5O2/c1-4-32-22-11-6-5-9-19(22)24(31)30-16-8-7-10-21(30)23-20(18-12-14-26-15-13-18)17-27-25(28-23)29(2)3/h5-6,9,11-15,17,21H,4,7-8,10,16H2,1-3H3/t21-/m0/s1. The molecule has 0 radical (unpaired) electrons. The highest BCUT2D eigenvalue weighted by molar-refractivity contribution is 5.97. The Hall–Kier alpha value is -3.48. The Morgan fingerprint density at radius 1 is 1.16 bits per heavy atom. The van der Waals surface area contributed by atoms with Crippen molar-refractivity contribution in [3.8, 4) is 16.9 Å². The molecule has 7 heteroatoms. The van der Waals surface area contributed by atoms with Crippen LogP contribution in [0.2, 0.25) is 0 Å². The van der Waals surface area contributed by atoms with E-state index in [1.807, 2.05) is 73.4 Å². The molecule has 3 aromatic rings. The van der Waals surface area contributed by atoms with E-state index in [9.17, 15) is 4.79 Å². The van der Waals surface area contributed by atoms with Gasteiger partial charge in [0, 0.05) is 44.8 Å². The van der Waals surface area contributed by atoms with Crippen LogP contribution in [0, 0.1) is 0 Å². The molecule has 166 valence electrons. The van der Waals surface area contributed by atoms with Crippen molar-refractivity contribution in [1.82, 2.24) is 19.9 Å². The summed E-state index contributed by atoms with van der Waals surface area (Å²) in [6.07, 6.45) is 8.25. The first kappa shape index (κ1) is 21.7. The maximum absolute atomic E-state index is 13.7. The molecule has 0 aliphatic carbocycles. The number of pyridine rings is 1. The fourth-order valence-electron chi connectivity index (χ4n) is 4.15. The number of benzene rings is 1. The normalized spacial score (nSPS) is 16.0. The number of para-hydroxylation sites is 1. The number of ether oxygens (including phenoxy) is 1. The number of carbonyl (C=O) groups excluding carboxylic acids is 1. The van der Waals surface area contributed by atoms with Gasteiger partial charge in [-0.15, -0.1) is 0 Å². The molecule has 2 aromatic heterocycles. The van der Waals surface area contributed by atoms with Crippen LogP contribution in [0.25, 0.3) is 11.1 Å². The van der Waals surface area contributed by atoms with Gasteiger partial charge in [-0.2, -0.15) is 0 Å². The molecule has 0 spiro atoms. The maximum atomic E-state index is 13.7. The molecule has 1 saturated heterocycles. The third-order valence-electron chi connectivity index (χ3n) is 5.69. The van der Waals surface area contributed by atoms with E-state index in [-0.39, 0.29) is 11.9 Å². The van der Waals surface area contributed by atoms with Crippen molar-refractivity contribution in [2.24, 2.45) is 0 Å². The molecule has 1 aromatic carbocycles. The topological polar surface area (TPSA) is 71.5 Å². The zero-order chi connectivity index (χ0) is 22.5. The summed E-state index contributed by atoms with van der Waals surface area (Å²) < 4.78 is 5.75. The zero-order valence-corrected chi connectivity index (χ0v) is 18.9. The van der Waals surface area contributed by atoms with E-state index in [0.29, 0.717) is 30.4 Å². The molecular weight excluding hydrogens is 402 g/mol. The molecule has 1 aliphatic rings. The summed E-state index contributed by atoms with van der Waals surface area (Å²) in [4.78, 5) is 31.2. The minimum Gasteiger partial charge on any atom is -0.493 e. The van der Waals surface area contributed by atoms with Crippen LogP contribution in [0.1, 0.15) is 48.3 Å². The van der Waals surface area contributed by atoms with Gasteiger partial charge in [-0.3, -0.25) is 9.78 Å². The van der Waals surface area contributed by atoms with Crippen LogP contribution in [-0.4, -0.2) is 53.0 Å². The van der Waals surface area contributed by atoms with Gasteiger partial charge in [0.25, 0.3) is 5.91 Å². The van der Waals surface area contributed by atoms with Crippen LogP contribution in [0.15, 0.2) is 55.0 Å². The summed E-state index contributed by atoms with van der Waals surface area (Å²) in [6, 6.07) is 11.2. The number of piperidine rings is 1. The lowest BCUT2D eigenvalue weighted by atomic mass is 9.93. The second-order valence-corrected chi connectivity index (χ2v) is 8.04. The van der Waals surface area contributed by atoms with E-state index >= 15 is 0 Å². The molecule has 32 heavy (non-hydrogen) atoms. The molecule has 1 aliphatic heterocycles. The van der Waals surface area contributed by atoms with Gasteiger partial charge in [0.15, 0.2) is 0 Å². The second-order valence-electron chi connectivity index (χ2n) is 8.04. The second kappa shape index (κ2) is 9.77. The summed E-state index contributed by atoms with van der Waals surface area (Å²) >= 11 is 0. The number of aromatic nitrogens is 3. The van der Waals surface area contributed by atoms with Crippen molar-refractivity contribution in [1.29, 1.82) is 0 Å². The third-order valence-corrected chi connectivity index (χ3v) is 5.69. The average molecular weight is 432 g/mol. The largest absolute Gasteiger partial charge is 0.493 e. The Morgan fingerprint density at radius 2 is 1.94 bits per heavy atom. The fraction of sp³-hybridized carbons (Fsp3) is 0.360. The third kappa shape index (κ3) is 4.42. The van der Waals surface area contributed by atoms with E-state index in [1.165, 1.54) is 0 Å². The lowest BCUT2D eigenvalue weighted by molar-refractivity contribution is 0.0602. The number of anilines is 1. The molecule has 3 heterocycles. The monoisotopic (exact) mass is 431 g/mol. The summed E-state index contributed by atoms with van der Waals surface area (Å²) in [7, 11) is 3.85. The fourth-order valence-corrected chi connectivity index (χ4v) is 4.15. The first-order valence-electron chi connectivity index (χ1n) is 11.1. The van der Waals surface area contributed by atoms with Crippen molar-refractivity contribution in [3.05, 3.63) is 66.2 Å². The van der Waals surface area contributed by atoms with Crippen molar-refractivity contribution < 1.29 is 9.53 Å². The average Bonchev–Trinajstić information content (AvgIpc) is 2.84. The molecule has 0 bridgehead atoms. The smallest absolute Gasteiger partial charge is 0.258 e. The maximum Gasteiger partial charge on any atom is 0.258 e. The van der Waals surface area contributed by atoms with Crippen LogP contribution in [-0.2, 0) is 0 Å². The van der Waals surface area contributed by atoms with Gasteiger partial charge in [0.1, 0.15) is 5.75 Å². The number of nitrogens with zero attached hydrogens (tertiary/aromatic N) is 5. The number of amides is 1. The minimum absolute atomic E-state index is 0.0237. The number of hydrogen-bond donors (Lipinski definition) is 0. The van der Waals surface area contributed by atoms with E-state index in [2.05, 4.69) is 9.97 Å². The molecule has 1 fully saturated rings. The quantitative estimate of drug-likeness (QED) is 0.577. The van der Waals surface area contributed by atoms with Gasteiger partial charge in [-0.05, 0) is 56.0 Å². The highest BCUT2D eigenvalue weighted by Gasteiger charge is 2.33. The van der Waals surface area contributed by atoms with Crippen LogP contribution >= 0.6 is 0 Å². The predicted molar refractivity (Wildman–Crippen MR) is 125 cm³/mol. The lowest BCUT2D eigenvalue weighted by Gasteiger charge is -2.36. The highest BCUT2D eigenvalue weighted by Crippen LogP contribution is 2.37. The molecule has 0 saturated carbocycles. The van der Waals surface area contributed by atoms with Crippen molar-refractivity contribution in [2.75, 3.05) is 32.1 Å². The first-order valence-corrected chi connectivity index (χ1v) is 11.1. The van der Waals surface area contributed by atoms with Crippen molar-refractivity contribution in [3.63, 3.8) is 0 Å². The van der Waals surface area contributed by atoms with Gasteiger partial charge in [0.2, 0.25) is 5.95 Å². The summed E-state index contributed by atoms with van der Waals surface area (Å²) in [5.74, 6) is 1.23. The SMILES string of the molecule is CCOc1ccccc1C(=O)N1CCCC[C@H]1c1nc(N(C)C)ncc1-c1ccncc1. The van der Waals surface area contributed by atoms with Gasteiger partial charge in [0.05, 0.1) is 23.9 Å². The number of hydrogen-bond acceptors (Lipinski definition) is 6. The molecule has 0 unspecified atom stereocenters. The predicted octanol–water partition coefficient (Wildman–Crippen LogP) is 4.37. The summed E-state index contributed by atoms with van der Waals surface area (Å²) in [5, 5.41) is 0.